The van der Waals surface area contributed by atoms with Gasteiger partial charge in [-0.05, 0) is 49.2 Å². The van der Waals surface area contributed by atoms with E-state index in [1.165, 1.54) is 12.1 Å². The Bertz CT molecular complexity index is 854. The first-order valence-electron chi connectivity index (χ1n) is 8.03. The second kappa shape index (κ2) is 9.56. The van der Waals surface area contributed by atoms with Crippen molar-refractivity contribution in [1.82, 2.24) is 4.72 Å². The number of esters is 1. The number of halogens is 1. The zero-order valence-electron chi connectivity index (χ0n) is 14.3. The number of rotatable bonds is 9. The maximum atomic E-state index is 12.2. The van der Waals surface area contributed by atoms with Gasteiger partial charge in [0.2, 0.25) is 10.0 Å². The summed E-state index contributed by atoms with van der Waals surface area (Å²) >= 11 is 5.83. The number of ether oxygens (including phenoxy) is 2. The third-order valence-electron chi connectivity index (χ3n) is 3.37. The summed E-state index contributed by atoms with van der Waals surface area (Å²) in [6.07, 6.45) is 0.469. The quantitative estimate of drug-likeness (QED) is 0.658. The summed E-state index contributed by atoms with van der Waals surface area (Å²) in [4.78, 5) is 11.4. The number of nitrogens with one attached hydrogen (secondary N) is 1. The molecule has 0 fully saturated rings. The van der Waals surface area contributed by atoms with Crippen molar-refractivity contribution in [2.75, 3.05) is 19.8 Å². The SMILES string of the molecule is CCOC(=O)COc1cccc(CCNS(=O)(=O)c2cccc(Cl)c2)c1. The number of hydrogen-bond donors (Lipinski definition) is 1. The van der Waals surface area contributed by atoms with E-state index in [1.54, 1.807) is 37.3 Å². The summed E-state index contributed by atoms with van der Waals surface area (Å²) in [5.74, 6) is 0.0837. The van der Waals surface area contributed by atoms with Crippen LogP contribution < -0.4 is 9.46 Å². The molecule has 0 aliphatic heterocycles. The Morgan fingerprint density at radius 1 is 1.15 bits per heavy atom. The average molecular weight is 398 g/mol. The average Bonchev–Trinajstić information content (AvgIpc) is 2.60. The van der Waals surface area contributed by atoms with Gasteiger partial charge in [0.25, 0.3) is 0 Å². The molecule has 0 amide bonds. The van der Waals surface area contributed by atoms with Crippen LogP contribution in [0.3, 0.4) is 0 Å². The Hall–Kier alpha value is -2.09. The third-order valence-corrected chi connectivity index (χ3v) is 5.07. The van der Waals surface area contributed by atoms with Gasteiger partial charge < -0.3 is 9.47 Å². The van der Waals surface area contributed by atoms with Gasteiger partial charge in [0.05, 0.1) is 11.5 Å². The van der Waals surface area contributed by atoms with Gasteiger partial charge in [0, 0.05) is 11.6 Å². The van der Waals surface area contributed by atoms with Crippen molar-refractivity contribution in [2.45, 2.75) is 18.2 Å². The van der Waals surface area contributed by atoms with Crippen LogP contribution in [0.1, 0.15) is 12.5 Å². The van der Waals surface area contributed by atoms with Gasteiger partial charge in [0.1, 0.15) is 5.75 Å². The first kappa shape index (κ1) is 20.2. The molecule has 0 aliphatic carbocycles. The van der Waals surface area contributed by atoms with E-state index >= 15 is 0 Å². The highest BCUT2D eigenvalue weighted by Crippen LogP contribution is 2.16. The van der Waals surface area contributed by atoms with Crippen LogP contribution in [-0.2, 0) is 26.0 Å². The lowest BCUT2D eigenvalue weighted by Crippen LogP contribution is -2.26. The summed E-state index contributed by atoms with van der Waals surface area (Å²) in [6.45, 7) is 2.08. The Balaban J connectivity index is 1.89. The summed E-state index contributed by atoms with van der Waals surface area (Å²) < 4.78 is 37.2. The molecular formula is C18H20ClNO5S. The van der Waals surface area contributed by atoms with E-state index in [-0.39, 0.29) is 18.0 Å². The molecule has 2 aromatic rings. The van der Waals surface area contributed by atoms with Crippen molar-refractivity contribution in [3.8, 4) is 5.75 Å². The van der Waals surface area contributed by atoms with Crippen LogP contribution >= 0.6 is 11.6 Å². The summed E-state index contributed by atoms with van der Waals surface area (Å²) in [5.41, 5.74) is 0.875. The minimum Gasteiger partial charge on any atom is -0.482 e. The topological polar surface area (TPSA) is 81.7 Å². The van der Waals surface area contributed by atoms with Crippen LogP contribution in [-0.4, -0.2) is 34.1 Å². The van der Waals surface area contributed by atoms with Crippen LogP contribution in [0, 0.1) is 0 Å². The van der Waals surface area contributed by atoms with E-state index in [9.17, 15) is 13.2 Å². The van der Waals surface area contributed by atoms with Crippen LogP contribution in [0.4, 0.5) is 0 Å². The molecule has 0 spiro atoms. The molecule has 0 bridgehead atoms. The van der Waals surface area contributed by atoms with Crippen molar-refractivity contribution >= 4 is 27.6 Å². The Kier molecular flexibility index (Phi) is 7.44. The highest BCUT2D eigenvalue weighted by Gasteiger charge is 2.13. The second-order valence-electron chi connectivity index (χ2n) is 5.35. The molecule has 0 unspecified atom stereocenters. The van der Waals surface area contributed by atoms with Crippen molar-refractivity contribution < 1.29 is 22.7 Å². The zero-order valence-corrected chi connectivity index (χ0v) is 15.8. The molecule has 8 heteroatoms. The van der Waals surface area contributed by atoms with Gasteiger partial charge in [-0.15, -0.1) is 0 Å². The predicted octanol–water partition coefficient (Wildman–Crippen LogP) is 2.80. The monoisotopic (exact) mass is 397 g/mol. The lowest BCUT2D eigenvalue weighted by molar-refractivity contribution is -0.145. The summed E-state index contributed by atoms with van der Waals surface area (Å²) in [7, 11) is -3.62. The number of benzene rings is 2. The van der Waals surface area contributed by atoms with Crippen molar-refractivity contribution in [3.05, 3.63) is 59.1 Å². The maximum absolute atomic E-state index is 12.2. The largest absolute Gasteiger partial charge is 0.482 e. The first-order chi connectivity index (χ1) is 12.4. The first-order valence-corrected chi connectivity index (χ1v) is 9.89. The molecule has 0 radical (unpaired) electrons. The maximum Gasteiger partial charge on any atom is 0.344 e. The summed E-state index contributed by atoms with van der Waals surface area (Å²) in [6, 6.07) is 13.2. The molecule has 140 valence electrons. The fraction of sp³-hybridized carbons (Fsp3) is 0.278. The lowest BCUT2D eigenvalue weighted by atomic mass is 10.1. The molecule has 0 atom stereocenters. The molecule has 1 N–H and O–H groups in total. The molecule has 0 heterocycles. The molecule has 2 rings (SSSR count). The van der Waals surface area contributed by atoms with Gasteiger partial charge in [-0.3, -0.25) is 0 Å². The number of sulfonamides is 1. The third kappa shape index (κ3) is 6.33. The zero-order chi connectivity index (χ0) is 19.0. The lowest BCUT2D eigenvalue weighted by Gasteiger charge is -2.09. The van der Waals surface area contributed by atoms with Gasteiger partial charge in [0.15, 0.2) is 6.61 Å². The van der Waals surface area contributed by atoms with Gasteiger partial charge in [-0.2, -0.15) is 0 Å². The Morgan fingerprint density at radius 2 is 1.92 bits per heavy atom. The molecule has 0 aliphatic rings. The van der Waals surface area contributed by atoms with Crippen LogP contribution in [0.15, 0.2) is 53.4 Å². The van der Waals surface area contributed by atoms with E-state index in [1.807, 2.05) is 6.07 Å². The second-order valence-corrected chi connectivity index (χ2v) is 7.55. The highest BCUT2D eigenvalue weighted by molar-refractivity contribution is 7.89. The van der Waals surface area contributed by atoms with Gasteiger partial charge in [-0.25, -0.2) is 17.9 Å². The van der Waals surface area contributed by atoms with E-state index in [0.29, 0.717) is 23.8 Å². The molecule has 0 aromatic heterocycles. The van der Waals surface area contributed by atoms with Crippen molar-refractivity contribution in [1.29, 1.82) is 0 Å². The number of carbonyl (C=O) groups is 1. The van der Waals surface area contributed by atoms with Crippen molar-refractivity contribution in [2.24, 2.45) is 0 Å². The molecular weight excluding hydrogens is 378 g/mol. The molecule has 0 saturated heterocycles. The van der Waals surface area contributed by atoms with E-state index in [2.05, 4.69) is 4.72 Å². The van der Waals surface area contributed by atoms with Gasteiger partial charge in [-0.1, -0.05) is 29.8 Å². The fourth-order valence-electron chi connectivity index (χ4n) is 2.18. The summed E-state index contributed by atoms with van der Waals surface area (Å²) in [5, 5.41) is 0.360. The number of hydrogen-bond acceptors (Lipinski definition) is 5. The Morgan fingerprint density at radius 3 is 2.65 bits per heavy atom. The minimum absolute atomic E-state index is 0.122. The van der Waals surface area contributed by atoms with E-state index in [0.717, 1.165) is 5.56 Å². The fourth-order valence-corrected chi connectivity index (χ4v) is 3.52. The number of carbonyl (C=O) groups excluding carboxylic acids is 1. The van der Waals surface area contributed by atoms with Crippen LogP contribution in [0.5, 0.6) is 5.75 Å². The van der Waals surface area contributed by atoms with E-state index in [4.69, 9.17) is 21.1 Å². The highest BCUT2D eigenvalue weighted by atomic mass is 35.5. The van der Waals surface area contributed by atoms with Crippen molar-refractivity contribution in [3.63, 3.8) is 0 Å². The molecule has 0 saturated carbocycles. The normalized spacial score (nSPS) is 11.2. The molecule has 2 aromatic carbocycles. The minimum atomic E-state index is -3.62. The predicted molar refractivity (Wildman–Crippen MR) is 98.9 cm³/mol. The smallest absolute Gasteiger partial charge is 0.344 e. The van der Waals surface area contributed by atoms with Crippen LogP contribution in [0.2, 0.25) is 5.02 Å². The van der Waals surface area contributed by atoms with Crippen LogP contribution in [0.25, 0.3) is 0 Å². The molecule has 26 heavy (non-hydrogen) atoms. The molecule has 6 nitrogen and oxygen atoms in total. The van der Waals surface area contributed by atoms with E-state index < -0.39 is 16.0 Å². The van der Waals surface area contributed by atoms with Gasteiger partial charge >= 0.3 is 5.97 Å². The Labute approximate surface area is 158 Å². The standard InChI is InChI=1S/C18H20ClNO5S/c1-2-24-18(21)13-25-16-7-3-5-14(11-16)9-10-20-26(22,23)17-8-4-6-15(19)12-17/h3-8,11-12,20H,2,9-10,13H2,1H3.